The summed E-state index contributed by atoms with van der Waals surface area (Å²) in [6.45, 7) is 8.10. The van der Waals surface area contributed by atoms with Crippen LogP contribution in [0.25, 0.3) is 0 Å². The molecule has 3 rings (SSSR count). The van der Waals surface area contributed by atoms with Crippen molar-refractivity contribution in [1.82, 2.24) is 10.3 Å². The number of rotatable bonds is 13. The molecule has 1 saturated carbocycles. The number of methoxy groups -OCH3 is 2. The first-order chi connectivity index (χ1) is 17.6. The summed E-state index contributed by atoms with van der Waals surface area (Å²) in [5, 5.41) is 12.7. The van der Waals surface area contributed by atoms with Gasteiger partial charge in [0.05, 0.1) is 26.4 Å². The number of ether oxygens (including phenoxy) is 4. The number of hydrogen-bond donors (Lipinski definition) is 2. The van der Waals surface area contributed by atoms with Gasteiger partial charge in [-0.15, -0.1) is 0 Å². The minimum atomic E-state index is -0.973. The third-order valence-electron chi connectivity index (χ3n) is 6.79. The zero-order valence-corrected chi connectivity index (χ0v) is 22.4. The van der Waals surface area contributed by atoms with Crippen molar-refractivity contribution in [2.24, 2.45) is 11.8 Å². The van der Waals surface area contributed by atoms with Crippen molar-refractivity contribution in [1.29, 1.82) is 0 Å². The lowest BCUT2D eigenvalue weighted by Crippen LogP contribution is -2.47. The highest BCUT2D eigenvalue weighted by molar-refractivity contribution is 5.97. The van der Waals surface area contributed by atoms with Gasteiger partial charge in [0.1, 0.15) is 17.9 Å². The second kappa shape index (κ2) is 12.3. The van der Waals surface area contributed by atoms with Gasteiger partial charge >= 0.3 is 5.97 Å². The summed E-state index contributed by atoms with van der Waals surface area (Å²) in [7, 11) is 3.00. The van der Waals surface area contributed by atoms with Gasteiger partial charge < -0.3 is 29.4 Å². The van der Waals surface area contributed by atoms with Crippen molar-refractivity contribution < 1.29 is 33.6 Å². The van der Waals surface area contributed by atoms with Crippen molar-refractivity contribution in [2.75, 3.05) is 20.8 Å². The lowest BCUT2D eigenvalue weighted by atomic mass is 9.81. The lowest BCUT2D eigenvalue weighted by molar-refractivity contribution is -0.161. The lowest BCUT2D eigenvalue weighted by Gasteiger charge is -2.38. The highest BCUT2D eigenvalue weighted by Crippen LogP contribution is 2.35. The van der Waals surface area contributed by atoms with Crippen molar-refractivity contribution in [3.63, 3.8) is 0 Å². The van der Waals surface area contributed by atoms with Gasteiger partial charge in [0.2, 0.25) is 0 Å². The van der Waals surface area contributed by atoms with Crippen LogP contribution in [-0.2, 0) is 20.7 Å². The summed E-state index contributed by atoms with van der Waals surface area (Å²) >= 11 is 0. The Morgan fingerprint density at radius 2 is 1.78 bits per heavy atom. The number of carbonyl (C=O) groups is 2. The van der Waals surface area contributed by atoms with Gasteiger partial charge in [-0.1, -0.05) is 12.1 Å². The Labute approximate surface area is 218 Å². The van der Waals surface area contributed by atoms with E-state index in [9.17, 15) is 14.7 Å². The molecule has 0 spiro atoms. The number of amides is 1. The van der Waals surface area contributed by atoms with Gasteiger partial charge in [0, 0.05) is 18.2 Å². The van der Waals surface area contributed by atoms with Crippen LogP contribution in [-0.4, -0.2) is 60.5 Å². The van der Waals surface area contributed by atoms with Crippen molar-refractivity contribution in [2.45, 2.75) is 64.7 Å². The molecule has 1 aromatic heterocycles. The number of aromatic hydroxyl groups is 1. The summed E-state index contributed by atoms with van der Waals surface area (Å²) in [4.78, 5) is 29.5. The zero-order valence-electron chi connectivity index (χ0n) is 22.4. The maximum atomic E-state index is 13.0. The summed E-state index contributed by atoms with van der Waals surface area (Å²) in [5.41, 5.74) is 0.266. The van der Waals surface area contributed by atoms with Crippen LogP contribution in [0, 0.1) is 11.8 Å². The summed E-state index contributed by atoms with van der Waals surface area (Å²) < 4.78 is 22.5. The molecule has 1 fully saturated rings. The van der Waals surface area contributed by atoms with E-state index in [1.54, 1.807) is 7.11 Å². The molecule has 0 radical (unpaired) electrons. The van der Waals surface area contributed by atoms with Gasteiger partial charge in [-0.3, -0.25) is 4.79 Å². The average molecular weight is 515 g/mol. The molecule has 1 aromatic carbocycles. The minimum absolute atomic E-state index is 0.110. The van der Waals surface area contributed by atoms with Crippen LogP contribution in [0.2, 0.25) is 0 Å². The number of benzene rings is 1. The van der Waals surface area contributed by atoms with Crippen LogP contribution in [0.4, 0.5) is 0 Å². The SMILES string of the molecule is COc1ccc(C[C@@H]([C@H](C)OC(=O)[C@H](C)NC(=O)c2nccc(OC)c2O)C(C)(C)OCC2CC2)cc1. The van der Waals surface area contributed by atoms with Gasteiger partial charge in [0.25, 0.3) is 5.91 Å². The van der Waals surface area contributed by atoms with Crippen LogP contribution in [0.1, 0.15) is 56.6 Å². The summed E-state index contributed by atoms with van der Waals surface area (Å²) in [6.07, 6.45) is 3.81. The van der Waals surface area contributed by atoms with Crippen molar-refractivity contribution in [3.8, 4) is 17.2 Å². The number of hydrogen-bond acceptors (Lipinski definition) is 8. The van der Waals surface area contributed by atoms with E-state index in [0.717, 1.165) is 11.3 Å². The van der Waals surface area contributed by atoms with E-state index < -0.39 is 35.4 Å². The molecule has 3 atom stereocenters. The fourth-order valence-corrected chi connectivity index (χ4v) is 4.18. The van der Waals surface area contributed by atoms with Gasteiger partial charge in [-0.05, 0) is 70.6 Å². The second-order valence-corrected chi connectivity index (χ2v) is 10.1. The third-order valence-corrected chi connectivity index (χ3v) is 6.79. The first-order valence-corrected chi connectivity index (χ1v) is 12.6. The molecule has 2 aromatic rings. The van der Waals surface area contributed by atoms with Crippen LogP contribution < -0.4 is 14.8 Å². The minimum Gasteiger partial charge on any atom is -0.503 e. The molecule has 9 nitrogen and oxygen atoms in total. The molecule has 202 valence electrons. The molecule has 0 bridgehead atoms. The van der Waals surface area contributed by atoms with Crippen LogP contribution >= 0.6 is 0 Å². The quantitative estimate of drug-likeness (QED) is 0.387. The smallest absolute Gasteiger partial charge is 0.328 e. The molecular formula is C28H38N2O7. The van der Waals surface area contributed by atoms with Crippen LogP contribution in [0.15, 0.2) is 36.5 Å². The first-order valence-electron chi connectivity index (χ1n) is 12.6. The fourth-order valence-electron chi connectivity index (χ4n) is 4.18. The Bertz CT molecular complexity index is 1070. The van der Waals surface area contributed by atoms with E-state index in [1.807, 2.05) is 45.0 Å². The number of nitrogens with zero attached hydrogens (tertiary/aromatic N) is 1. The average Bonchev–Trinajstić information content (AvgIpc) is 3.71. The normalized spacial score (nSPS) is 15.8. The number of esters is 1. The highest BCUT2D eigenvalue weighted by Gasteiger charge is 2.39. The maximum absolute atomic E-state index is 13.0. The summed E-state index contributed by atoms with van der Waals surface area (Å²) in [5.74, 6) is -0.391. The molecule has 37 heavy (non-hydrogen) atoms. The zero-order chi connectivity index (χ0) is 27.2. The standard InChI is InChI=1S/C28H38N2O7/c1-17(30-26(32)24-25(31)23(35-6)13-14-29-24)27(33)37-18(2)22(28(3,4)36-16-20-7-8-20)15-19-9-11-21(34-5)12-10-19/h9-14,17-18,20,22,31H,7-8,15-16H2,1-6H3,(H,30,32)/t17-,18-,22-/m0/s1. The Balaban J connectivity index is 1.69. The third kappa shape index (κ3) is 7.58. The molecule has 2 N–H and O–H groups in total. The molecule has 1 aliphatic rings. The van der Waals surface area contributed by atoms with E-state index in [1.165, 1.54) is 39.1 Å². The molecule has 1 amide bonds. The van der Waals surface area contributed by atoms with Crippen LogP contribution in [0.5, 0.6) is 17.2 Å². The Morgan fingerprint density at radius 1 is 1.11 bits per heavy atom. The van der Waals surface area contributed by atoms with Crippen molar-refractivity contribution >= 4 is 11.9 Å². The number of nitrogens with one attached hydrogen (secondary N) is 1. The molecule has 1 heterocycles. The number of carbonyl (C=O) groups excluding carboxylic acids is 2. The second-order valence-electron chi connectivity index (χ2n) is 10.1. The van der Waals surface area contributed by atoms with Gasteiger partial charge in [-0.2, -0.15) is 0 Å². The predicted octanol–water partition coefficient (Wildman–Crippen LogP) is 3.92. The monoisotopic (exact) mass is 514 g/mol. The van der Waals surface area contributed by atoms with Crippen LogP contribution in [0.3, 0.4) is 0 Å². The fraction of sp³-hybridized carbons (Fsp3) is 0.536. The first kappa shape index (κ1) is 28.2. The van der Waals surface area contributed by atoms with Gasteiger partial charge in [-0.25, -0.2) is 9.78 Å². The summed E-state index contributed by atoms with van der Waals surface area (Å²) in [6, 6.07) is 8.25. The molecule has 0 aliphatic heterocycles. The highest BCUT2D eigenvalue weighted by atomic mass is 16.6. The van der Waals surface area contributed by atoms with E-state index in [2.05, 4.69) is 10.3 Å². The molecule has 1 aliphatic carbocycles. The Morgan fingerprint density at radius 3 is 2.38 bits per heavy atom. The maximum Gasteiger partial charge on any atom is 0.328 e. The van der Waals surface area contributed by atoms with E-state index in [-0.39, 0.29) is 17.4 Å². The van der Waals surface area contributed by atoms with Crippen molar-refractivity contribution in [3.05, 3.63) is 47.8 Å². The largest absolute Gasteiger partial charge is 0.503 e. The Hall–Kier alpha value is -3.33. The topological polar surface area (TPSA) is 116 Å². The predicted molar refractivity (Wildman–Crippen MR) is 138 cm³/mol. The van der Waals surface area contributed by atoms with E-state index in [0.29, 0.717) is 18.9 Å². The van der Waals surface area contributed by atoms with E-state index in [4.69, 9.17) is 18.9 Å². The Kier molecular flexibility index (Phi) is 9.37. The number of pyridine rings is 1. The number of aromatic nitrogens is 1. The molecule has 0 unspecified atom stereocenters. The molecule has 9 heteroatoms. The molecule has 0 saturated heterocycles. The molecular weight excluding hydrogens is 476 g/mol. The van der Waals surface area contributed by atoms with Gasteiger partial charge in [0.15, 0.2) is 17.2 Å². The van der Waals surface area contributed by atoms with E-state index >= 15 is 0 Å².